The zero-order chi connectivity index (χ0) is 11.9. The molecule has 2 saturated carbocycles. The van der Waals surface area contributed by atoms with Gasteiger partial charge in [-0.15, -0.1) is 0 Å². The van der Waals surface area contributed by atoms with Crippen molar-refractivity contribution in [1.82, 2.24) is 0 Å². The molecule has 1 heteroatoms. The van der Waals surface area contributed by atoms with E-state index in [2.05, 4.69) is 31.2 Å². The Labute approximate surface area is 104 Å². The van der Waals surface area contributed by atoms with Crippen LogP contribution in [0.2, 0.25) is 0 Å². The standard InChI is InChI=1S/C16H23N/c1-12-6-8-14(9-7-12)16(10-15(16)11-17)13-4-2-3-5-13/h6-9,13,15H,2-5,10-11,17H2,1H3/t15-,16?/m0/s1. The number of hydrogen-bond donors (Lipinski definition) is 1. The molecular formula is C16H23N. The number of benzene rings is 1. The smallest absolute Gasteiger partial charge is 0.00252 e. The molecule has 1 aromatic rings. The van der Waals surface area contributed by atoms with Crippen LogP contribution in [0.3, 0.4) is 0 Å². The quantitative estimate of drug-likeness (QED) is 0.844. The van der Waals surface area contributed by atoms with Gasteiger partial charge in [-0.1, -0.05) is 42.7 Å². The SMILES string of the molecule is Cc1ccc(C2(C3CCCC3)C[C@H]2CN)cc1. The highest BCUT2D eigenvalue weighted by atomic mass is 14.7. The van der Waals surface area contributed by atoms with Gasteiger partial charge in [0, 0.05) is 5.41 Å². The molecule has 0 aliphatic heterocycles. The summed E-state index contributed by atoms with van der Waals surface area (Å²) >= 11 is 0. The van der Waals surface area contributed by atoms with Crippen molar-refractivity contribution in [3.8, 4) is 0 Å². The highest BCUT2D eigenvalue weighted by Crippen LogP contribution is 2.62. The van der Waals surface area contributed by atoms with Gasteiger partial charge in [0.1, 0.15) is 0 Å². The number of hydrogen-bond acceptors (Lipinski definition) is 1. The molecule has 0 aromatic heterocycles. The lowest BCUT2D eigenvalue weighted by Gasteiger charge is -2.25. The number of rotatable bonds is 3. The summed E-state index contributed by atoms with van der Waals surface area (Å²) in [6.45, 7) is 3.03. The van der Waals surface area contributed by atoms with E-state index >= 15 is 0 Å². The zero-order valence-electron chi connectivity index (χ0n) is 10.8. The monoisotopic (exact) mass is 229 g/mol. The van der Waals surface area contributed by atoms with Gasteiger partial charge >= 0.3 is 0 Å². The highest BCUT2D eigenvalue weighted by Gasteiger charge is 2.58. The molecule has 92 valence electrons. The molecule has 2 N–H and O–H groups in total. The number of nitrogens with two attached hydrogens (primary N) is 1. The first kappa shape index (κ1) is 11.3. The van der Waals surface area contributed by atoms with Crippen molar-refractivity contribution in [1.29, 1.82) is 0 Å². The van der Waals surface area contributed by atoms with Crippen molar-refractivity contribution < 1.29 is 0 Å². The van der Waals surface area contributed by atoms with Gasteiger partial charge in [-0.3, -0.25) is 0 Å². The van der Waals surface area contributed by atoms with Gasteiger partial charge < -0.3 is 5.73 Å². The van der Waals surface area contributed by atoms with E-state index in [1.54, 1.807) is 5.56 Å². The fraction of sp³-hybridized carbons (Fsp3) is 0.625. The Morgan fingerprint density at radius 2 is 1.82 bits per heavy atom. The summed E-state index contributed by atoms with van der Waals surface area (Å²) < 4.78 is 0. The predicted octanol–water partition coefficient (Wildman–Crippen LogP) is 3.40. The van der Waals surface area contributed by atoms with Crippen LogP contribution in [0.5, 0.6) is 0 Å². The maximum absolute atomic E-state index is 5.94. The predicted molar refractivity (Wildman–Crippen MR) is 72.0 cm³/mol. The molecule has 0 saturated heterocycles. The maximum Gasteiger partial charge on any atom is 0.00252 e. The maximum atomic E-state index is 5.94. The van der Waals surface area contributed by atoms with Crippen LogP contribution in [0.25, 0.3) is 0 Å². The molecular weight excluding hydrogens is 206 g/mol. The van der Waals surface area contributed by atoms with E-state index in [9.17, 15) is 0 Å². The van der Waals surface area contributed by atoms with Gasteiger partial charge in [-0.05, 0) is 50.1 Å². The molecule has 3 rings (SSSR count). The summed E-state index contributed by atoms with van der Waals surface area (Å²) in [7, 11) is 0. The van der Waals surface area contributed by atoms with E-state index in [1.807, 2.05) is 0 Å². The van der Waals surface area contributed by atoms with Crippen molar-refractivity contribution in [2.24, 2.45) is 17.6 Å². The van der Waals surface area contributed by atoms with Crippen LogP contribution in [-0.4, -0.2) is 6.54 Å². The third-order valence-electron chi connectivity index (χ3n) is 5.11. The molecule has 2 atom stereocenters. The van der Waals surface area contributed by atoms with Crippen molar-refractivity contribution in [2.45, 2.75) is 44.4 Å². The van der Waals surface area contributed by atoms with Crippen LogP contribution < -0.4 is 5.73 Å². The third-order valence-corrected chi connectivity index (χ3v) is 5.11. The molecule has 0 amide bonds. The van der Waals surface area contributed by atoms with Gasteiger partial charge in [-0.25, -0.2) is 0 Å². The second-order valence-corrected chi connectivity index (χ2v) is 6.02. The molecule has 2 fully saturated rings. The molecule has 17 heavy (non-hydrogen) atoms. The fourth-order valence-electron chi connectivity index (χ4n) is 4.04. The first-order chi connectivity index (χ1) is 8.27. The third kappa shape index (κ3) is 1.72. The molecule has 1 aromatic carbocycles. The number of aryl methyl sites for hydroxylation is 1. The van der Waals surface area contributed by atoms with E-state index in [1.165, 1.54) is 37.7 Å². The minimum absolute atomic E-state index is 0.457. The molecule has 1 unspecified atom stereocenters. The summed E-state index contributed by atoms with van der Waals surface area (Å²) in [6.07, 6.45) is 7.02. The second kappa shape index (κ2) is 4.13. The lowest BCUT2D eigenvalue weighted by atomic mass is 9.79. The van der Waals surface area contributed by atoms with Crippen molar-refractivity contribution in [2.75, 3.05) is 6.54 Å². The van der Waals surface area contributed by atoms with Crippen molar-refractivity contribution >= 4 is 0 Å². The van der Waals surface area contributed by atoms with Gasteiger partial charge in [-0.2, -0.15) is 0 Å². The van der Waals surface area contributed by atoms with E-state index in [0.29, 0.717) is 5.41 Å². The molecule has 0 spiro atoms. The average Bonchev–Trinajstić information content (AvgIpc) is 2.84. The summed E-state index contributed by atoms with van der Waals surface area (Å²) in [6, 6.07) is 9.22. The summed E-state index contributed by atoms with van der Waals surface area (Å²) in [4.78, 5) is 0. The molecule has 2 aliphatic carbocycles. The van der Waals surface area contributed by atoms with Gasteiger partial charge in [0.05, 0.1) is 0 Å². The first-order valence-corrected chi connectivity index (χ1v) is 7.04. The van der Waals surface area contributed by atoms with Crippen LogP contribution in [0.15, 0.2) is 24.3 Å². The first-order valence-electron chi connectivity index (χ1n) is 7.04. The van der Waals surface area contributed by atoms with Crippen LogP contribution in [0, 0.1) is 18.8 Å². The van der Waals surface area contributed by atoms with E-state index < -0.39 is 0 Å². The Bertz CT molecular complexity index is 388. The summed E-state index contributed by atoms with van der Waals surface area (Å²) in [5.41, 5.74) is 9.32. The Balaban J connectivity index is 1.92. The van der Waals surface area contributed by atoms with Gasteiger partial charge in [0.25, 0.3) is 0 Å². The Hall–Kier alpha value is -0.820. The molecule has 2 aliphatic rings. The molecule has 0 heterocycles. The largest absolute Gasteiger partial charge is 0.330 e. The van der Waals surface area contributed by atoms with Crippen LogP contribution in [-0.2, 0) is 5.41 Å². The summed E-state index contributed by atoms with van der Waals surface area (Å²) in [5.74, 6) is 1.65. The lowest BCUT2D eigenvalue weighted by Crippen LogP contribution is -2.23. The fourth-order valence-corrected chi connectivity index (χ4v) is 4.04. The van der Waals surface area contributed by atoms with Crippen LogP contribution >= 0.6 is 0 Å². The van der Waals surface area contributed by atoms with Crippen molar-refractivity contribution in [3.05, 3.63) is 35.4 Å². The zero-order valence-corrected chi connectivity index (χ0v) is 10.8. The summed E-state index contributed by atoms with van der Waals surface area (Å²) in [5, 5.41) is 0. The van der Waals surface area contributed by atoms with Crippen LogP contribution in [0.4, 0.5) is 0 Å². The van der Waals surface area contributed by atoms with E-state index in [0.717, 1.165) is 18.4 Å². The Morgan fingerprint density at radius 3 is 2.35 bits per heavy atom. The second-order valence-electron chi connectivity index (χ2n) is 6.02. The Kier molecular flexibility index (Phi) is 2.74. The van der Waals surface area contributed by atoms with E-state index in [-0.39, 0.29) is 0 Å². The van der Waals surface area contributed by atoms with Gasteiger partial charge in [0.2, 0.25) is 0 Å². The minimum atomic E-state index is 0.457. The molecule has 1 nitrogen and oxygen atoms in total. The normalized spacial score (nSPS) is 32.9. The van der Waals surface area contributed by atoms with Gasteiger partial charge in [0.15, 0.2) is 0 Å². The molecule has 0 bridgehead atoms. The van der Waals surface area contributed by atoms with Crippen molar-refractivity contribution in [3.63, 3.8) is 0 Å². The van der Waals surface area contributed by atoms with E-state index in [4.69, 9.17) is 5.73 Å². The Morgan fingerprint density at radius 1 is 1.18 bits per heavy atom. The topological polar surface area (TPSA) is 26.0 Å². The average molecular weight is 229 g/mol. The minimum Gasteiger partial charge on any atom is -0.330 e. The van der Waals surface area contributed by atoms with Crippen LogP contribution in [0.1, 0.15) is 43.2 Å². The lowest BCUT2D eigenvalue weighted by molar-refractivity contribution is 0.386. The molecule has 0 radical (unpaired) electrons. The highest BCUT2D eigenvalue weighted by molar-refractivity contribution is 5.37.